The Bertz CT molecular complexity index is 463. The molecule has 1 atom stereocenters. The predicted molar refractivity (Wildman–Crippen MR) is 83.4 cm³/mol. The van der Waals surface area contributed by atoms with Crippen LogP contribution in [0.2, 0.25) is 0 Å². The van der Waals surface area contributed by atoms with Gasteiger partial charge in [-0.1, -0.05) is 25.5 Å². The Morgan fingerprint density at radius 3 is 2.10 bits per heavy atom. The van der Waals surface area contributed by atoms with Crippen LogP contribution in [0.15, 0.2) is 24.3 Å². The highest BCUT2D eigenvalue weighted by Crippen LogP contribution is 2.24. The molecule has 0 aromatic heterocycles. The second kappa shape index (κ2) is 8.45. The molecule has 0 heterocycles. The molecule has 116 valence electrons. The molecule has 0 spiro atoms. The molecule has 0 aliphatic rings. The largest absolute Gasteiger partial charge is 0.465 e. The first kappa shape index (κ1) is 17.2. The number of hydrogen-bond acceptors (Lipinski definition) is 3. The molecular weight excluding hydrogens is 266 g/mol. The second-order valence-electron chi connectivity index (χ2n) is 4.97. The van der Waals surface area contributed by atoms with Crippen LogP contribution in [0.3, 0.4) is 0 Å². The van der Waals surface area contributed by atoms with Crippen molar-refractivity contribution in [2.45, 2.75) is 39.5 Å². The number of amides is 1. The molecule has 1 aromatic rings. The van der Waals surface area contributed by atoms with Gasteiger partial charge in [0.1, 0.15) is 0 Å². The topological polar surface area (TPSA) is 46.6 Å². The zero-order valence-corrected chi connectivity index (χ0v) is 13.4. The van der Waals surface area contributed by atoms with Crippen LogP contribution in [0, 0.1) is 0 Å². The number of likely N-dealkylation sites (N-methyl/N-ethyl adjacent to an activating group) is 1. The summed E-state index contributed by atoms with van der Waals surface area (Å²) in [5.41, 5.74) is 1.47. The van der Waals surface area contributed by atoms with Crippen LogP contribution in [-0.4, -0.2) is 37.0 Å². The number of rotatable bonds is 7. The minimum absolute atomic E-state index is 0.137. The summed E-state index contributed by atoms with van der Waals surface area (Å²) in [6.45, 7) is 7.49. The van der Waals surface area contributed by atoms with Gasteiger partial charge in [0.05, 0.1) is 18.6 Å². The fraction of sp³-hybridized carbons (Fsp3) is 0.529. The summed E-state index contributed by atoms with van der Waals surface area (Å²) in [5, 5.41) is 0. The monoisotopic (exact) mass is 291 g/mol. The molecule has 0 bridgehead atoms. The fourth-order valence-electron chi connectivity index (χ4n) is 2.45. The maximum absolute atomic E-state index is 12.6. The zero-order valence-electron chi connectivity index (χ0n) is 13.4. The Hall–Kier alpha value is -1.84. The van der Waals surface area contributed by atoms with Gasteiger partial charge in [-0.05, 0) is 38.0 Å². The van der Waals surface area contributed by atoms with Crippen molar-refractivity contribution in [3.05, 3.63) is 35.4 Å². The van der Waals surface area contributed by atoms with Crippen molar-refractivity contribution in [2.24, 2.45) is 0 Å². The van der Waals surface area contributed by atoms with Crippen molar-refractivity contribution >= 4 is 11.9 Å². The molecular formula is C17H25NO3. The van der Waals surface area contributed by atoms with Gasteiger partial charge < -0.3 is 9.64 Å². The molecule has 1 amide bonds. The number of carbonyl (C=O) groups is 2. The average molecular weight is 291 g/mol. The van der Waals surface area contributed by atoms with Crippen molar-refractivity contribution in [3.8, 4) is 0 Å². The summed E-state index contributed by atoms with van der Waals surface area (Å²) in [6.07, 6.45) is 1.75. The van der Waals surface area contributed by atoms with Crippen molar-refractivity contribution in [1.82, 2.24) is 4.90 Å². The molecule has 0 radical (unpaired) electrons. The molecule has 1 rings (SSSR count). The van der Waals surface area contributed by atoms with Gasteiger partial charge in [0, 0.05) is 13.1 Å². The van der Waals surface area contributed by atoms with Gasteiger partial charge >= 0.3 is 5.97 Å². The van der Waals surface area contributed by atoms with E-state index in [1.54, 1.807) is 12.1 Å². The number of nitrogens with zero attached hydrogens (tertiary/aromatic N) is 1. The first-order chi connectivity index (χ1) is 10.1. The van der Waals surface area contributed by atoms with Crippen molar-refractivity contribution in [2.75, 3.05) is 20.2 Å². The molecule has 0 saturated heterocycles. The SMILES string of the molecule is CCCC(C(=O)N(CC)CC)c1ccc(C(=O)OC)cc1. The van der Waals surface area contributed by atoms with E-state index in [1.165, 1.54) is 7.11 Å². The minimum atomic E-state index is -0.358. The maximum atomic E-state index is 12.6. The Morgan fingerprint density at radius 1 is 1.10 bits per heavy atom. The van der Waals surface area contributed by atoms with E-state index in [4.69, 9.17) is 4.74 Å². The Balaban J connectivity index is 3.00. The van der Waals surface area contributed by atoms with E-state index in [9.17, 15) is 9.59 Å². The average Bonchev–Trinajstić information content (AvgIpc) is 2.53. The molecule has 4 nitrogen and oxygen atoms in total. The highest BCUT2D eigenvalue weighted by Gasteiger charge is 2.23. The summed E-state index contributed by atoms with van der Waals surface area (Å²) in [4.78, 5) is 25.9. The number of esters is 1. The summed E-state index contributed by atoms with van der Waals surface area (Å²) < 4.78 is 4.69. The van der Waals surface area contributed by atoms with Crippen molar-refractivity contribution in [1.29, 1.82) is 0 Å². The lowest BCUT2D eigenvalue weighted by atomic mass is 9.92. The van der Waals surface area contributed by atoms with Gasteiger partial charge in [0.15, 0.2) is 0 Å². The summed E-state index contributed by atoms with van der Waals surface area (Å²) >= 11 is 0. The quantitative estimate of drug-likeness (QED) is 0.725. The molecule has 0 saturated carbocycles. The first-order valence-electron chi connectivity index (χ1n) is 7.55. The molecule has 0 aliphatic heterocycles. The van der Waals surface area contributed by atoms with Crippen LogP contribution in [0.4, 0.5) is 0 Å². The molecule has 0 fully saturated rings. The van der Waals surface area contributed by atoms with Crippen molar-refractivity contribution < 1.29 is 14.3 Å². The Kier molecular flexibility index (Phi) is 6.92. The van der Waals surface area contributed by atoms with E-state index in [0.29, 0.717) is 5.56 Å². The number of hydrogen-bond donors (Lipinski definition) is 0. The smallest absolute Gasteiger partial charge is 0.337 e. The lowest BCUT2D eigenvalue weighted by Crippen LogP contribution is -2.34. The van der Waals surface area contributed by atoms with Crippen LogP contribution < -0.4 is 0 Å². The minimum Gasteiger partial charge on any atom is -0.465 e. The van der Waals surface area contributed by atoms with E-state index in [0.717, 1.165) is 31.5 Å². The van der Waals surface area contributed by atoms with E-state index in [-0.39, 0.29) is 17.8 Å². The molecule has 21 heavy (non-hydrogen) atoms. The highest BCUT2D eigenvalue weighted by atomic mass is 16.5. The lowest BCUT2D eigenvalue weighted by Gasteiger charge is -2.25. The van der Waals surface area contributed by atoms with E-state index in [1.807, 2.05) is 30.9 Å². The molecule has 4 heteroatoms. The Morgan fingerprint density at radius 2 is 1.67 bits per heavy atom. The summed E-state index contributed by atoms with van der Waals surface area (Å²) in [5.74, 6) is -0.335. The maximum Gasteiger partial charge on any atom is 0.337 e. The summed E-state index contributed by atoms with van der Waals surface area (Å²) in [7, 11) is 1.36. The predicted octanol–water partition coefficient (Wildman–Crippen LogP) is 3.23. The number of carbonyl (C=O) groups excluding carboxylic acids is 2. The van der Waals surface area contributed by atoms with Gasteiger partial charge in [-0.2, -0.15) is 0 Å². The molecule has 0 aliphatic carbocycles. The third-order valence-corrected chi connectivity index (χ3v) is 3.68. The molecule has 1 aromatic carbocycles. The van der Waals surface area contributed by atoms with E-state index < -0.39 is 0 Å². The highest BCUT2D eigenvalue weighted by molar-refractivity contribution is 5.89. The lowest BCUT2D eigenvalue weighted by molar-refractivity contribution is -0.132. The number of ether oxygens (including phenoxy) is 1. The van der Waals surface area contributed by atoms with Crippen molar-refractivity contribution in [3.63, 3.8) is 0 Å². The van der Waals surface area contributed by atoms with Crippen LogP contribution in [0.25, 0.3) is 0 Å². The van der Waals surface area contributed by atoms with Gasteiger partial charge in [0.2, 0.25) is 5.91 Å². The zero-order chi connectivity index (χ0) is 15.8. The van der Waals surface area contributed by atoms with Gasteiger partial charge in [0.25, 0.3) is 0 Å². The van der Waals surface area contributed by atoms with Crippen LogP contribution in [0.1, 0.15) is 55.5 Å². The fourth-order valence-corrected chi connectivity index (χ4v) is 2.45. The number of methoxy groups -OCH3 is 1. The second-order valence-corrected chi connectivity index (χ2v) is 4.97. The van der Waals surface area contributed by atoms with E-state index in [2.05, 4.69) is 6.92 Å². The van der Waals surface area contributed by atoms with E-state index >= 15 is 0 Å². The molecule has 0 N–H and O–H groups in total. The summed E-state index contributed by atoms with van der Waals surface area (Å²) in [6, 6.07) is 7.15. The van der Waals surface area contributed by atoms with Crippen LogP contribution in [0.5, 0.6) is 0 Å². The van der Waals surface area contributed by atoms with Crippen LogP contribution in [-0.2, 0) is 9.53 Å². The third-order valence-electron chi connectivity index (χ3n) is 3.68. The Labute approximate surface area is 127 Å². The first-order valence-corrected chi connectivity index (χ1v) is 7.55. The number of benzene rings is 1. The third kappa shape index (κ3) is 4.31. The normalized spacial score (nSPS) is 11.8. The van der Waals surface area contributed by atoms with Gasteiger partial charge in [-0.25, -0.2) is 4.79 Å². The van der Waals surface area contributed by atoms with Gasteiger partial charge in [-0.15, -0.1) is 0 Å². The molecule has 1 unspecified atom stereocenters. The van der Waals surface area contributed by atoms with Gasteiger partial charge in [-0.3, -0.25) is 4.79 Å². The van der Waals surface area contributed by atoms with Crippen LogP contribution >= 0.6 is 0 Å². The standard InChI is InChI=1S/C17H25NO3/c1-5-8-15(16(19)18(6-2)7-3)13-9-11-14(12-10-13)17(20)21-4/h9-12,15H,5-8H2,1-4H3.